The molecular weight excluding hydrogens is 308 g/mol. The molecule has 0 atom stereocenters. The van der Waals surface area contributed by atoms with Gasteiger partial charge in [-0.15, -0.1) is 0 Å². The number of phenols is 1. The number of aromatic nitrogens is 1. The third-order valence-electron chi connectivity index (χ3n) is 2.72. The standard InChI is InChI=1S/C14H13BrN2O2/c1-8-7-10(18)3-4-11(8)14(19)17-13-6-5-12(15)9(2)16-13/h3-7,18H,1-2H3,(H,16,17,19). The second-order valence-electron chi connectivity index (χ2n) is 4.22. The largest absolute Gasteiger partial charge is 0.508 e. The highest BCUT2D eigenvalue weighted by molar-refractivity contribution is 9.10. The maximum Gasteiger partial charge on any atom is 0.257 e. The fourth-order valence-electron chi connectivity index (χ4n) is 1.70. The molecule has 19 heavy (non-hydrogen) atoms. The number of pyridine rings is 1. The maximum absolute atomic E-state index is 12.1. The molecule has 0 fully saturated rings. The second kappa shape index (κ2) is 5.40. The molecule has 0 spiro atoms. The Kier molecular flexibility index (Phi) is 3.85. The molecule has 1 aromatic heterocycles. The van der Waals surface area contributed by atoms with E-state index in [4.69, 9.17) is 0 Å². The van der Waals surface area contributed by atoms with Gasteiger partial charge in [-0.05, 0) is 65.7 Å². The Morgan fingerprint density at radius 2 is 2.00 bits per heavy atom. The van der Waals surface area contributed by atoms with Crippen molar-refractivity contribution in [3.8, 4) is 5.75 Å². The molecule has 0 aliphatic heterocycles. The van der Waals surface area contributed by atoms with Crippen LogP contribution < -0.4 is 5.32 Å². The third kappa shape index (κ3) is 3.12. The van der Waals surface area contributed by atoms with Gasteiger partial charge >= 0.3 is 0 Å². The van der Waals surface area contributed by atoms with Crippen LogP contribution in [0.5, 0.6) is 5.75 Å². The van der Waals surface area contributed by atoms with Crippen LogP contribution in [0.2, 0.25) is 0 Å². The smallest absolute Gasteiger partial charge is 0.257 e. The van der Waals surface area contributed by atoms with Crippen LogP contribution >= 0.6 is 15.9 Å². The predicted octanol–water partition coefficient (Wildman–Crippen LogP) is 3.42. The summed E-state index contributed by atoms with van der Waals surface area (Å²) in [6, 6.07) is 8.19. The third-order valence-corrected chi connectivity index (χ3v) is 3.56. The van der Waals surface area contributed by atoms with Crippen molar-refractivity contribution in [2.45, 2.75) is 13.8 Å². The van der Waals surface area contributed by atoms with Crippen molar-refractivity contribution >= 4 is 27.7 Å². The minimum absolute atomic E-state index is 0.145. The van der Waals surface area contributed by atoms with Crippen molar-refractivity contribution in [2.75, 3.05) is 5.32 Å². The Morgan fingerprint density at radius 1 is 1.26 bits per heavy atom. The van der Waals surface area contributed by atoms with Crippen LogP contribution in [0.3, 0.4) is 0 Å². The highest BCUT2D eigenvalue weighted by atomic mass is 79.9. The molecule has 0 saturated heterocycles. The summed E-state index contributed by atoms with van der Waals surface area (Å²) >= 11 is 3.36. The number of anilines is 1. The van der Waals surface area contributed by atoms with Crippen molar-refractivity contribution < 1.29 is 9.90 Å². The lowest BCUT2D eigenvalue weighted by Gasteiger charge is -2.08. The zero-order valence-electron chi connectivity index (χ0n) is 10.6. The predicted molar refractivity (Wildman–Crippen MR) is 77.5 cm³/mol. The first kappa shape index (κ1) is 13.5. The quantitative estimate of drug-likeness (QED) is 0.891. The molecule has 0 saturated carbocycles. The number of aromatic hydroxyl groups is 1. The van der Waals surface area contributed by atoms with Crippen molar-refractivity contribution in [3.05, 3.63) is 51.6 Å². The van der Waals surface area contributed by atoms with Crippen molar-refractivity contribution in [1.29, 1.82) is 0 Å². The van der Waals surface area contributed by atoms with Crippen LogP contribution in [-0.4, -0.2) is 16.0 Å². The molecule has 2 N–H and O–H groups in total. The summed E-state index contributed by atoms with van der Waals surface area (Å²) in [5, 5.41) is 12.1. The molecule has 4 nitrogen and oxygen atoms in total. The van der Waals surface area contributed by atoms with Crippen LogP contribution in [0, 0.1) is 13.8 Å². The normalized spacial score (nSPS) is 10.3. The van der Waals surface area contributed by atoms with E-state index in [1.165, 1.54) is 6.07 Å². The zero-order chi connectivity index (χ0) is 14.0. The molecule has 0 unspecified atom stereocenters. The van der Waals surface area contributed by atoms with Crippen LogP contribution in [0.1, 0.15) is 21.6 Å². The number of carbonyl (C=O) groups excluding carboxylic acids is 1. The van der Waals surface area contributed by atoms with Crippen LogP contribution in [-0.2, 0) is 0 Å². The molecule has 1 amide bonds. The number of halogens is 1. The van der Waals surface area contributed by atoms with Crippen molar-refractivity contribution in [3.63, 3.8) is 0 Å². The molecule has 5 heteroatoms. The van der Waals surface area contributed by atoms with Crippen molar-refractivity contribution in [1.82, 2.24) is 4.98 Å². The van der Waals surface area contributed by atoms with Gasteiger partial charge in [-0.3, -0.25) is 4.79 Å². The summed E-state index contributed by atoms with van der Waals surface area (Å²) in [5.74, 6) is 0.400. The number of amides is 1. The lowest BCUT2D eigenvalue weighted by Crippen LogP contribution is -2.14. The molecule has 98 valence electrons. The average Bonchev–Trinajstić information content (AvgIpc) is 2.33. The molecular formula is C14H13BrN2O2. The Labute approximate surface area is 119 Å². The van der Waals surface area contributed by atoms with Gasteiger partial charge in [0.2, 0.25) is 0 Å². The molecule has 2 aromatic rings. The van der Waals surface area contributed by atoms with Gasteiger partial charge in [0.1, 0.15) is 11.6 Å². The zero-order valence-corrected chi connectivity index (χ0v) is 12.2. The van der Waals surface area contributed by atoms with Crippen LogP contribution in [0.4, 0.5) is 5.82 Å². The van der Waals surface area contributed by atoms with E-state index in [0.29, 0.717) is 16.9 Å². The number of benzene rings is 1. The maximum atomic E-state index is 12.1. The molecule has 0 aliphatic rings. The molecule has 0 radical (unpaired) electrons. The van der Waals surface area contributed by atoms with Gasteiger partial charge in [-0.2, -0.15) is 0 Å². The number of aryl methyl sites for hydroxylation is 2. The highest BCUT2D eigenvalue weighted by Gasteiger charge is 2.10. The minimum atomic E-state index is -0.244. The van der Waals surface area contributed by atoms with E-state index >= 15 is 0 Å². The van der Waals surface area contributed by atoms with Gasteiger partial charge in [0.25, 0.3) is 5.91 Å². The van der Waals surface area contributed by atoms with Crippen molar-refractivity contribution in [2.24, 2.45) is 0 Å². The topological polar surface area (TPSA) is 62.2 Å². The van der Waals surface area contributed by atoms with Gasteiger partial charge in [-0.1, -0.05) is 0 Å². The first-order chi connectivity index (χ1) is 8.97. The minimum Gasteiger partial charge on any atom is -0.508 e. The molecule has 0 aliphatic carbocycles. The molecule has 1 heterocycles. The second-order valence-corrected chi connectivity index (χ2v) is 5.07. The number of nitrogens with one attached hydrogen (secondary N) is 1. The van der Waals surface area contributed by atoms with Gasteiger partial charge < -0.3 is 10.4 Å². The number of rotatable bonds is 2. The van der Waals surface area contributed by atoms with Gasteiger partial charge in [0.15, 0.2) is 0 Å². The molecule has 2 rings (SSSR count). The van der Waals surface area contributed by atoms with E-state index in [1.807, 2.05) is 13.0 Å². The summed E-state index contributed by atoms with van der Waals surface area (Å²) in [6.07, 6.45) is 0. The SMILES string of the molecule is Cc1cc(O)ccc1C(=O)Nc1ccc(Br)c(C)n1. The number of hydrogen-bond donors (Lipinski definition) is 2. The lowest BCUT2D eigenvalue weighted by atomic mass is 10.1. The molecule has 1 aromatic carbocycles. The van der Waals surface area contributed by atoms with Crippen LogP contribution in [0.15, 0.2) is 34.8 Å². The number of carbonyl (C=O) groups is 1. The first-order valence-corrected chi connectivity index (χ1v) is 6.51. The Morgan fingerprint density at radius 3 is 2.63 bits per heavy atom. The van der Waals surface area contributed by atoms with E-state index in [0.717, 1.165) is 10.2 Å². The van der Waals surface area contributed by atoms with E-state index in [-0.39, 0.29) is 11.7 Å². The van der Waals surface area contributed by atoms with Gasteiger partial charge in [-0.25, -0.2) is 4.98 Å². The van der Waals surface area contributed by atoms with E-state index in [1.54, 1.807) is 25.1 Å². The van der Waals surface area contributed by atoms with Gasteiger partial charge in [0, 0.05) is 10.0 Å². The highest BCUT2D eigenvalue weighted by Crippen LogP contribution is 2.19. The number of hydrogen-bond acceptors (Lipinski definition) is 3. The summed E-state index contributed by atoms with van der Waals surface area (Å²) in [6.45, 7) is 3.63. The monoisotopic (exact) mass is 320 g/mol. The molecule has 0 bridgehead atoms. The summed E-state index contributed by atoms with van der Waals surface area (Å²) in [4.78, 5) is 16.4. The first-order valence-electron chi connectivity index (χ1n) is 5.71. The van der Waals surface area contributed by atoms with E-state index < -0.39 is 0 Å². The fraction of sp³-hybridized carbons (Fsp3) is 0.143. The lowest BCUT2D eigenvalue weighted by molar-refractivity contribution is 0.102. The number of nitrogens with zero attached hydrogens (tertiary/aromatic N) is 1. The Hall–Kier alpha value is -1.88. The number of phenolic OH excluding ortho intramolecular Hbond substituents is 1. The fourth-order valence-corrected chi connectivity index (χ4v) is 1.92. The summed E-state index contributed by atoms with van der Waals surface area (Å²) < 4.78 is 0.895. The Bertz CT molecular complexity index is 641. The van der Waals surface area contributed by atoms with E-state index in [9.17, 15) is 9.90 Å². The summed E-state index contributed by atoms with van der Waals surface area (Å²) in [5.41, 5.74) is 2.03. The summed E-state index contributed by atoms with van der Waals surface area (Å²) in [7, 11) is 0. The van der Waals surface area contributed by atoms with Gasteiger partial charge in [0.05, 0.1) is 5.69 Å². The van der Waals surface area contributed by atoms with Crippen LogP contribution in [0.25, 0.3) is 0 Å². The average molecular weight is 321 g/mol. The van der Waals surface area contributed by atoms with E-state index in [2.05, 4.69) is 26.2 Å². The Balaban J connectivity index is 2.23.